The Hall–Kier alpha value is -1.72. The molecule has 0 aliphatic heterocycles. The summed E-state index contributed by atoms with van der Waals surface area (Å²) in [4.78, 5) is 16.4. The van der Waals surface area contributed by atoms with Crippen LogP contribution < -0.4 is 10.6 Å². The second-order valence-electron chi connectivity index (χ2n) is 4.49. The number of carbonyl (C=O) groups excluding carboxylic acids is 1. The molecule has 0 fully saturated rings. The normalized spacial score (nSPS) is 12.1. The highest BCUT2D eigenvalue weighted by Crippen LogP contribution is 2.23. The van der Waals surface area contributed by atoms with Crippen molar-refractivity contribution >= 4 is 17.2 Å². The SMILES string of the molecule is CNCCCC(=O)NC(c1ccccc1)c1nccs1. The lowest BCUT2D eigenvalue weighted by Gasteiger charge is -2.17. The molecule has 0 aliphatic carbocycles. The van der Waals surface area contributed by atoms with E-state index in [4.69, 9.17) is 0 Å². The number of hydrogen-bond acceptors (Lipinski definition) is 4. The molecule has 0 bridgehead atoms. The van der Waals surface area contributed by atoms with Crippen molar-refractivity contribution < 1.29 is 4.79 Å². The standard InChI is InChI=1S/C15H19N3OS/c1-16-9-5-8-13(19)18-14(15-17-10-11-20-15)12-6-3-2-4-7-12/h2-4,6-7,10-11,14,16H,5,8-9H2,1H3,(H,18,19). The summed E-state index contributed by atoms with van der Waals surface area (Å²) in [6.07, 6.45) is 3.13. The molecular weight excluding hydrogens is 270 g/mol. The molecule has 1 unspecified atom stereocenters. The van der Waals surface area contributed by atoms with Gasteiger partial charge in [0.15, 0.2) is 0 Å². The van der Waals surface area contributed by atoms with Gasteiger partial charge < -0.3 is 10.6 Å². The van der Waals surface area contributed by atoms with E-state index in [1.807, 2.05) is 42.8 Å². The van der Waals surface area contributed by atoms with Crippen LogP contribution >= 0.6 is 11.3 Å². The molecule has 0 saturated heterocycles. The van der Waals surface area contributed by atoms with Gasteiger partial charge in [0.05, 0.1) is 0 Å². The number of amides is 1. The monoisotopic (exact) mass is 289 g/mol. The van der Waals surface area contributed by atoms with E-state index in [0.29, 0.717) is 6.42 Å². The first-order valence-electron chi connectivity index (χ1n) is 6.69. The molecule has 1 amide bonds. The first-order chi connectivity index (χ1) is 9.81. The van der Waals surface area contributed by atoms with E-state index in [0.717, 1.165) is 23.5 Å². The molecule has 0 radical (unpaired) electrons. The fourth-order valence-electron chi connectivity index (χ4n) is 1.97. The van der Waals surface area contributed by atoms with Crippen molar-refractivity contribution in [2.24, 2.45) is 0 Å². The second-order valence-corrected chi connectivity index (χ2v) is 5.41. The zero-order valence-corrected chi connectivity index (χ0v) is 12.3. The molecule has 0 spiro atoms. The molecule has 1 atom stereocenters. The smallest absolute Gasteiger partial charge is 0.220 e. The molecule has 5 heteroatoms. The Kier molecular flexibility index (Phi) is 5.70. The van der Waals surface area contributed by atoms with Gasteiger partial charge in [0.1, 0.15) is 11.0 Å². The summed E-state index contributed by atoms with van der Waals surface area (Å²) < 4.78 is 0. The number of thiazole rings is 1. The Morgan fingerprint density at radius 2 is 2.15 bits per heavy atom. The van der Waals surface area contributed by atoms with Gasteiger partial charge in [0.2, 0.25) is 5.91 Å². The number of hydrogen-bond donors (Lipinski definition) is 2. The predicted molar refractivity (Wildman–Crippen MR) is 81.7 cm³/mol. The van der Waals surface area contributed by atoms with E-state index >= 15 is 0 Å². The van der Waals surface area contributed by atoms with Crippen LogP contribution in [0.5, 0.6) is 0 Å². The molecule has 1 aromatic heterocycles. The van der Waals surface area contributed by atoms with Crippen molar-refractivity contribution in [3.8, 4) is 0 Å². The molecule has 0 aliphatic rings. The zero-order chi connectivity index (χ0) is 14.2. The van der Waals surface area contributed by atoms with Crippen LogP contribution in [0.3, 0.4) is 0 Å². The lowest BCUT2D eigenvalue weighted by atomic mass is 10.1. The Bertz CT molecular complexity index is 513. The lowest BCUT2D eigenvalue weighted by Crippen LogP contribution is -2.29. The highest BCUT2D eigenvalue weighted by molar-refractivity contribution is 7.09. The van der Waals surface area contributed by atoms with Gasteiger partial charge in [0.25, 0.3) is 0 Å². The minimum atomic E-state index is -0.154. The lowest BCUT2D eigenvalue weighted by molar-refractivity contribution is -0.121. The van der Waals surface area contributed by atoms with Crippen LogP contribution in [-0.4, -0.2) is 24.5 Å². The highest BCUT2D eigenvalue weighted by Gasteiger charge is 2.18. The molecule has 1 aromatic carbocycles. The maximum absolute atomic E-state index is 12.0. The number of rotatable bonds is 7. The summed E-state index contributed by atoms with van der Waals surface area (Å²) >= 11 is 1.56. The van der Waals surface area contributed by atoms with Gasteiger partial charge in [-0.05, 0) is 25.6 Å². The summed E-state index contributed by atoms with van der Waals surface area (Å²) in [6.45, 7) is 0.848. The first kappa shape index (κ1) is 14.7. The van der Waals surface area contributed by atoms with Gasteiger partial charge in [-0.1, -0.05) is 30.3 Å². The van der Waals surface area contributed by atoms with Crippen molar-refractivity contribution in [2.45, 2.75) is 18.9 Å². The van der Waals surface area contributed by atoms with Crippen molar-refractivity contribution in [1.82, 2.24) is 15.6 Å². The maximum Gasteiger partial charge on any atom is 0.220 e. The van der Waals surface area contributed by atoms with E-state index in [1.165, 1.54) is 0 Å². The molecule has 0 saturated carbocycles. The highest BCUT2D eigenvalue weighted by atomic mass is 32.1. The Morgan fingerprint density at radius 3 is 2.80 bits per heavy atom. The molecule has 1 heterocycles. The van der Waals surface area contributed by atoms with Crippen LogP contribution in [0.4, 0.5) is 0 Å². The summed E-state index contributed by atoms with van der Waals surface area (Å²) in [5.74, 6) is 0.0595. The topological polar surface area (TPSA) is 54.0 Å². The Morgan fingerprint density at radius 1 is 1.35 bits per heavy atom. The van der Waals surface area contributed by atoms with Crippen LogP contribution in [0.1, 0.15) is 29.5 Å². The fourth-order valence-corrected chi connectivity index (χ4v) is 2.68. The van der Waals surface area contributed by atoms with E-state index in [-0.39, 0.29) is 11.9 Å². The summed E-state index contributed by atoms with van der Waals surface area (Å²) in [5.41, 5.74) is 1.06. The molecule has 20 heavy (non-hydrogen) atoms. The average Bonchev–Trinajstić information content (AvgIpc) is 3.00. The van der Waals surface area contributed by atoms with Gasteiger partial charge in [-0.25, -0.2) is 4.98 Å². The predicted octanol–water partition coefficient (Wildman–Crippen LogP) is 2.35. The van der Waals surface area contributed by atoms with E-state index in [9.17, 15) is 4.79 Å². The van der Waals surface area contributed by atoms with Crippen molar-refractivity contribution in [2.75, 3.05) is 13.6 Å². The zero-order valence-electron chi connectivity index (χ0n) is 11.5. The molecule has 106 valence electrons. The quantitative estimate of drug-likeness (QED) is 0.769. The van der Waals surface area contributed by atoms with E-state index < -0.39 is 0 Å². The minimum absolute atomic E-state index is 0.0595. The maximum atomic E-state index is 12.0. The number of nitrogens with one attached hydrogen (secondary N) is 2. The van der Waals surface area contributed by atoms with Gasteiger partial charge in [0, 0.05) is 18.0 Å². The van der Waals surface area contributed by atoms with Crippen molar-refractivity contribution in [3.05, 3.63) is 52.5 Å². The van der Waals surface area contributed by atoms with Crippen LogP contribution in [0.25, 0.3) is 0 Å². The second kappa shape index (κ2) is 7.77. The van der Waals surface area contributed by atoms with Crippen molar-refractivity contribution in [3.63, 3.8) is 0 Å². The minimum Gasteiger partial charge on any atom is -0.343 e. The third-order valence-corrected chi connectivity index (χ3v) is 3.81. The molecule has 2 aromatic rings. The Balaban J connectivity index is 2.06. The van der Waals surface area contributed by atoms with Crippen LogP contribution in [0.2, 0.25) is 0 Å². The number of nitrogens with zero attached hydrogens (tertiary/aromatic N) is 1. The summed E-state index contributed by atoms with van der Waals surface area (Å²) in [6, 6.07) is 9.79. The van der Waals surface area contributed by atoms with Crippen LogP contribution in [-0.2, 0) is 4.79 Å². The molecule has 2 rings (SSSR count). The molecular formula is C15H19N3OS. The average molecular weight is 289 g/mol. The van der Waals surface area contributed by atoms with Crippen LogP contribution in [0, 0.1) is 0 Å². The first-order valence-corrected chi connectivity index (χ1v) is 7.57. The fraction of sp³-hybridized carbons (Fsp3) is 0.333. The largest absolute Gasteiger partial charge is 0.343 e. The third kappa shape index (κ3) is 4.15. The summed E-state index contributed by atoms with van der Waals surface area (Å²) in [5, 5.41) is 8.97. The van der Waals surface area contributed by atoms with Crippen molar-refractivity contribution in [1.29, 1.82) is 0 Å². The van der Waals surface area contributed by atoms with Crippen LogP contribution in [0.15, 0.2) is 41.9 Å². The van der Waals surface area contributed by atoms with Gasteiger partial charge in [-0.2, -0.15) is 0 Å². The number of aromatic nitrogens is 1. The third-order valence-electron chi connectivity index (χ3n) is 2.97. The summed E-state index contributed by atoms with van der Waals surface area (Å²) in [7, 11) is 1.89. The molecule has 4 nitrogen and oxygen atoms in total. The van der Waals surface area contributed by atoms with E-state index in [1.54, 1.807) is 17.5 Å². The Labute approximate surface area is 123 Å². The molecule has 2 N–H and O–H groups in total. The van der Waals surface area contributed by atoms with Gasteiger partial charge in [-0.15, -0.1) is 11.3 Å². The number of carbonyl (C=O) groups is 1. The number of benzene rings is 1. The van der Waals surface area contributed by atoms with Gasteiger partial charge >= 0.3 is 0 Å². The van der Waals surface area contributed by atoms with Gasteiger partial charge in [-0.3, -0.25) is 4.79 Å². The van der Waals surface area contributed by atoms with E-state index in [2.05, 4.69) is 15.6 Å².